The summed E-state index contributed by atoms with van der Waals surface area (Å²) in [6, 6.07) is 2.20. The zero-order chi connectivity index (χ0) is 10.6. The van der Waals surface area contributed by atoms with E-state index in [0.717, 1.165) is 18.2 Å². The van der Waals surface area contributed by atoms with Gasteiger partial charge >= 0.3 is 0 Å². The van der Waals surface area contributed by atoms with Gasteiger partial charge in [0.1, 0.15) is 0 Å². The molecule has 0 aliphatic rings. The maximum absolute atomic E-state index is 5.96. The first kappa shape index (κ1) is 12.5. The fraction of sp³-hybridized carbons (Fsp3) is 0.636. The van der Waals surface area contributed by atoms with Crippen LogP contribution in [-0.4, -0.2) is 5.88 Å². The van der Waals surface area contributed by atoms with E-state index >= 15 is 0 Å². The summed E-state index contributed by atoms with van der Waals surface area (Å²) in [6.45, 7) is 4.51. The Bertz CT molecular complexity index is 270. The maximum Gasteiger partial charge on any atom is 0.0285 e. The normalized spacial score (nSPS) is 13.5. The van der Waals surface area contributed by atoms with Gasteiger partial charge in [0.15, 0.2) is 0 Å². The Morgan fingerprint density at radius 1 is 1.50 bits per heavy atom. The van der Waals surface area contributed by atoms with Crippen LogP contribution in [0.4, 0.5) is 0 Å². The van der Waals surface area contributed by atoms with E-state index < -0.39 is 0 Å². The van der Waals surface area contributed by atoms with Crippen LogP contribution in [0.25, 0.3) is 0 Å². The molecule has 1 aromatic heterocycles. The molecule has 1 atom stereocenters. The molecule has 1 aromatic rings. The predicted octanol–water partition coefficient (Wildman–Crippen LogP) is 4.95. The SMILES string of the molecule is CC(C)CC(CCl)Cc1cc(Br)cs1. The Hall–Kier alpha value is 0.470. The van der Waals surface area contributed by atoms with Gasteiger partial charge in [-0.3, -0.25) is 0 Å². The molecular weight excluding hydrogens is 280 g/mol. The molecule has 0 saturated heterocycles. The lowest BCUT2D eigenvalue weighted by Gasteiger charge is -2.14. The van der Waals surface area contributed by atoms with Gasteiger partial charge in [0.25, 0.3) is 0 Å². The highest BCUT2D eigenvalue weighted by Gasteiger charge is 2.11. The first-order chi connectivity index (χ1) is 6.61. The van der Waals surface area contributed by atoms with Crippen LogP contribution in [0.2, 0.25) is 0 Å². The molecule has 3 heteroatoms. The number of halogens is 2. The molecule has 0 nitrogen and oxygen atoms in total. The minimum atomic E-state index is 0.627. The summed E-state index contributed by atoms with van der Waals surface area (Å²) >= 11 is 11.2. The molecule has 0 aromatic carbocycles. The third-order valence-electron chi connectivity index (χ3n) is 2.13. The summed E-state index contributed by atoms with van der Waals surface area (Å²) in [5.74, 6) is 2.14. The third-order valence-corrected chi connectivity index (χ3v) is 4.29. The van der Waals surface area contributed by atoms with E-state index in [1.54, 1.807) is 0 Å². The quantitative estimate of drug-likeness (QED) is 0.674. The van der Waals surface area contributed by atoms with Gasteiger partial charge in [0.05, 0.1) is 0 Å². The van der Waals surface area contributed by atoms with Crippen LogP contribution >= 0.6 is 38.9 Å². The van der Waals surface area contributed by atoms with E-state index in [4.69, 9.17) is 11.6 Å². The Morgan fingerprint density at radius 2 is 2.21 bits per heavy atom. The van der Waals surface area contributed by atoms with Crippen molar-refractivity contribution in [1.82, 2.24) is 0 Å². The summed E-state index contributed by atoms with van der Waals surface area (Å²) in [7, 11) is 0. The molecule has 0 bridgehead atoms. The molecule has 14 heavy (non-hydrogen) atoms. The van der Waals surface area contributed by atoms with Gasteiger partial charge in [0.2, 0.25) is 0 Å². The third kappa shape index (κ3) is 4.33. The van der Waals surface area contributed by atoms with Crippen LogP contribution in [0.5, 0.6) is 0 Å². The molecule has 0 spiro atoms. The molecule has 1 heterocycles. The van der Waals surface area contributed by atoms with Crippen LogP contribution < -0.4 is 0 Å². The van der Waals surface area contributed by atoms with Crippen LogP contribution in [0.1, 0.15) is 25.1 Å². The Morgan fingerprint density at radius 3 is 2.64 bits per heavy atom. The lowest BCUT2D eigenvalue weighted by molar-refractivity contribution is 0.443. The van der Waals surface area contributed by atoms with Gasteiger partial charge < -0.3 is 0 Å². The largest absolute Gasteiger partial charge is 0.148 e. The minimum Gasteiger partial charge on any atom is -0.148 e. The van der Waals surface area contributed by atoms with Crippen LogP contribution in [0, 0.1) is 11.8 Å². The van der Waals surface area contributed by atoms with Crippen LogP contribution in [0.3, 0.4) is 0 Å². The molecule has 1 unspecified atom stereocenters. The first-order valence-corrected chi connectivity index (χ1v) is 7.11. The van der Waals surface area contributed by atoms with Gasteiger partial charge in [-0.05, 0) is 46.7 Å². The Labute approximate surface area is 104 Å². The van der Waals surface area contributed by atoms with E-state index in [9.17, 15) is 0 Å². The van der Waals surface area contributed by atoms with E-state index in [1.165, 1.54) is 15.8 Å². The van der Waals surface area contributed by atoms with Crippen molar-refractivity contribution in [3.8, 4) is 0 Å². The van der Waals surface area contributed by atoms with Crippen molar-refractivity contribution < 1.29 is 0 Å². The van der Waals surface area contributed by atoms with Crippen molar-refractivity contribution in [3.63, 3.8) is 0 Å². The molecule has 0 aliphatic heterocycles. The molecule has 80 valence electrons. The second-order valence-electron chi connectivity index (χ2n) is 4.09. The molecule has 0 amide bonds. The standard InChI is InChI=1S/C11H16BrClS/c1-8(2)3-9(6-13)4-11-5-10(12)7-14-11/h5,7-9H,3-4,6H2,1-2H3. The van der Waals surface area contributed by atoms with Gasteiger partial charge in [-0.1, -0.05) is 13.8 Å². The molecule has 0 fully saturated rings. The van der Waals surface area contributed by atoms with Crippen molar-refractivity contribution in [1.29, 1.82) is 0 Å². The lowest BCUT2D eigenvalue weighted by Crippen LogP contribution is -2.08. The maximum atomic E-state index is 5.96. The second kappa shape index (κ2) is 6.14. The minimum absolute atomic E-state index is 0.627. The fourth-order valence-corrected chi connectivity index (χ4v) is 3.42. The molecule has 1 rings (SSSR count). The van der Waals surface area contributed by atoms with E-state index in [-0.39, 0.29) is 0 Å². The average Bonchev–Trinajstić information content (AvgIpc) is 2.49. The summed E-state index contributed by atoms with van der Waals surface area (Å²) < 4.78 is 1.19. The summed E-state index contributed by atoms with van der Waals surface area (Å²) in [5.41, 5.74) is 0. The van der Waals surface area contributed by atoms with Gasteiger partial charge in [0, 0.05) is 20.6 Å². The Balaban J connectivity index is 2.48. The molecule has 0 saturated carbocycles. The molecular formula is C11H16BrClS. The Kier molecular flexibility index (Phi) is 5.50. The van der Waals surface area contributed by atoms with Crippen molar-refractivity contribution in [2.75, 3.05) is 5.88 Å². The van der Waals surface area contributed by atoms with Crippen molar-refractivity contribution in [2.45, 2.75) is 26.7 Å². The number of alkyl halides is 1. The first-order valence-electron chi connectivity index (χ1n) is 4.90. The number of rotatable bonds is 5. The smallest absolute Gasteiger partial charge is 0.0285 e. The highest BCUT2D eigenvalue weighted by Crippen LogP contribution is 2.25. The van der Waals surface area contributed by atoms with Crippen molar-refractivity contribution >= 4 is 38.9 Å². The van der Waals surface area contributed by atoms with Crippen LogP contribution in [-0.2, 0) is 6.42 Å². The number of hydrogen-bond donors (Lipinski definition) is 0. The molecule has 0 N–H and O–H groups in total. The van der Waals surface area contributed by atoms with Gasteiger partial charge in [-0.25, -0.2) is 0 Å². The number of thiophene rings is 1. The summed E-state index contributed by atoms with van der Waals surface area (Å²) in [5, 5.41) is 2.13. The summed E-state index contributed by atoms with van der Waals surface area (Å²) in [6.07, 6.45) is 2.34. The average molecular weight is 296 g/mol. The topological polar surface area (TPSA) is 0 Å². The molecule has 0 aliphatic carbocycles. The monoisotopic (exact) mass is 294 g/mol. The lowest BCUT2D eigenvalue weighted by atomic mass is 9.95. The predicted molar refractivity (Wildman–Crippen MR) is 69.4 cm³/mol. The van der Waals surface area contributed by atoms with E-state index in [2.05, 4.69) is 41.2 Å². The zero-order valence-corrected chi connectivity index (χ0v) is 11.8. The highest BCUT2D eigenvalue weighted by molar-refractivity contribution is 9.10. The van der Waals surface area contributed by atoms with Crippen molar-refractivity contribution in [3.05, 3.63) is 20.8 Å². The molecule has 0 radical (unpaired) electrons. The second-order valence-corrected chi connectivity index (χ2v) is 6.31. The van der Waals surface area contributed by atoms with Gasteiger partial charge in [-0.15, -0.1) is 22.9 Å². The zero-order valence-electron chi connectivity index (χ0n) is 8.59. The van der Waals surface area contributed by atoms with E-state index in [0.29, 0.717) is 5.92 Å². The highest BCUT2D eigenvalue weighted by atomic mass is 79.9. The van der Waals surface area contributed by atoms with Crippen molar-refractivity contribution in [2.24, 2.45) is 11.8 Å². The van der Waals surface area contributed by atoms with Crippen LogP contribution in [0.15, 0.2) is 15.9 Å². The van der Waals surface area contributed by atoms with E-state index in [1.807, 2.05) is 11.3 Å². The number of hydrogen-bond acceptors (Lipinski definition) is 1. The van der Waals surface area contributed by atoms with Gasteiger partial charge in [-0.2, -0.15) is 0 Å². The fourth-order valence-electron chi connectivity index (χ4n) is 1.61. The summed E-state index contributed by atoms with van der Waals surface area (Å²) in [4.78, 5) is 1.43.